The maximum Gasteiger partial charge on any atom is 0.269 e. The molecule has 96 valence electrons. The normalized spacial score (nSPS) is 10.8. The highest BCUT2D eigenvalue weighted by Crippen LogP contribution is 2.32. The van der Waals surface area contributed by atoms with Crippen LogP contribution in [0, 0.1) is 11.3 Å². The molecule has 0 fully saturated rings. The SMILES string of the molecule is CCC(C)(CC)c1ccc(C(=O)NC)nc1C#N. The van der Waals surface area contributed by atoms with E-state index in [9.17, 15) is 10.1 Å². The number of pyridine rings is 1. The number of aromatic nitrogens is 1. The van der Waals surface area contributed by atoms with Gasteiger partial charge in [-0.2, -0.15) is 5.26 Å². The van der Waals surface area contributed by atoms with Crippen LogP contribution in [0.3, 0.4) is 0 Å². The van der Waals surface area contributed by atoms with Crippen molar-refractivity contribution in [2.45, 2.75) is 39.0 Å². The zero-order valence-corrected chi connectivity index (χ0v) is 11.4. The topological polar surface area (TPSA) is 65.8 Å². The molecule has 4 heteroatoms. The molecule has 0 bridgehead atoms. The molecule has 0 spiro atoms. The van der Waals surface area contributed by atoms with Crippen molar-refractivity contribution in [3.8, 4) is 6.07 Å². The molecule has 1 heterocycles. The van der Waals surface area contributed by atoms with Crippen LogP contribution in [0.2, 0.25) is 0 Å². The van der Waals surface area contributed by atoms with E-state index in [-0.39, 0.29) is 17.0 Å². The minimum atomic E-state index is -0.271. The summed E-state index contributed by atoms with van der Waals surface area (Å²) in [6.07, 6.45) is 1.86. The quantitative estimate of drug-likeness (QED) is 0.885. The summed E-state index contributed by atoms with van der Waals surface area (Å²) in [4.78, 5) is 15.6. The zero-order chi connectivity index (χ0) is 13.8. The first-order chi connectivity index (χ1) is 8.52. The Morgan fingerprint density at radius 2 is 2.06 bits per heavy atom. The summed E-state index contributed by atoms with van der Waals surface area (Å²) in [5.41, 5.74) is 1.48. The molecule has 1 N–H and O–H groups in total. The van der Waals surface area contributed by atoms with E-state index in [2.05, 4.69) is 37.1 Å². The van der Waals surface area contributed by atoms with E-state index in [1.165, 1.54) is 0 Å². The average Bonchev–Trinajstić information content (AvgIpc) is 2.44. The van der Waals surface area contributed by atoms with Gasteiger partial charge in [-0.1, -0.05) is 26.8 Å². The standard InChI is InChI=1S/C14H19N3O/c1-5-14(3,6-2)10-7-8-11(13(18)16-4)17-12(10)9-15/h7-8H,5-6H2,1-4H3,(H,16,18). The van der Waals surface area contributed by atoms with E-state index >= 15 is 0 Å². The fraction of sp³-hybridized carbons (Fsp3) is 0.500. The first kappa shape index (κ1) is 14.2. The largest absolute Gasteiger partial charge is 0.354 e. The lowest BCUT2D eigenvalue weighted by Crippen LogP contribution is -2.24. The van der Waals surface area contributed by atoms with Crippen LogP contribution in [0.4, 0.5) is 0 Å². The molecule has 0 aliphatic heterocycles. The second kappa shape index (κ2) is 5.63. The van der Waals surface area contributed by atoms with E-state index in [0.717, 1.165) is 18.4 Å². The number of carbonyl (C=O) groups is 1. The summed E-state index contributed by atoms with van der Waals surface area (Å²) in [6, 6.07) is 5.63. The molecule has 18 heavy (non-hydrogen) atoms. The van der Waals surface area contributed by atoms with Crippen LogP contribution in [0.1, 0.15) is 55.4 Å². The molecule has 1 aromatic rings. The van der Waals surface area contributed by atoms with Crippen molar-refractivity contribution < 1.29 is 4.79 Å². The second-order valence-corrected chi connectivity index (χ2v) is 4.55. The Morgan fingerprint density at radius 1 is 1.44 bits per heavy atom. The highest BCUT2D eigenvalue weighted by atomic mass is 16.1. The van der Waals surface area contributed by atoms with Crippen molar-refractivity contribution in [2.24, 2.45) is 0 Å². The van der Waals surface area contributed by atoms with Gasteiger partial charge in [0.05, 0.1) is 0 Å². The molecule has 1 aromatic heterocycles. The third-order valence-corrected chi connectivity index (χ3v) is 3.67. The van der Waals surface area contributed by atoms with Crippen LogP contribution < -0.4 is 5.32 Å². The predicted octanol–water partition coefficient (Wildman–Crippen LogP) is 2.39. The molecule has 0 aliphatic carbocycles. The van der Waals surface area contributed by atoms with Gasteiger partial charge in [0, 0.05) is 7.05 Å². The molecular formula is C14H19N3O. The highest BCUT2D eigenvalue weighted by molar-refractivity contribution is 5.92. The number of nitrogens with zero attached hydrogens (tertiary/aromatic N) is 2. The van der Waals surface area contributed by atoms with Crippen LogP contribution in [0.25, 0.3) is 0 Å². The van der Waals surface area contributed by atoms with Gasteiger partial charge in [-0.3, -0.25) is 4.79 Å². The van der Waals surface area contributed by atoms with Gasteiger partial charge in [0.1, 0.15) is 17.5 Å². The van der Waals surface area contributed by atoms with Crippen LogP contribution in [0.15, 0.2) is 12.1 Å². The Bertz CT molecular complexity index is 484. The molecule has 0 saturated carbocycles. The van der Waals surface area contributed by atoms with Gasteiger partial charge in [-0.25, -0.2) is 4.98 Å². The Kier molecular flexibility index (Phi) is 4.43. The molecule has 0 unspecified atom stereocenters. The average molecular weight is 245 g/mol. The van der Waals surface area contributed by atoms with Gasteiger partial charge in [0.2, 0.25) is 0 Å². The van der Waals surface area contributed by atoms with Crippen LogP contribution in [-0.2, 0) is 5.41 Å². The van der Waals surface area contributed by atoms with Gasteiger partial charge in [-0.05, 0) is 29.9 Å². The van der Waals surface area contributed by atoms with Crippen molar-refractivity contribution >= 4 is 5.91 Å². The van der Waals surface area contributed by atoms with Gasteiger partial charge >= 0.3 is 0 Å². The lowest BCUT2D eigenvalue weighted by molar-refractivity contribution is 0.0958. The number of amides is 1. The van der Waals surface area contributed by atoms with Crippen molar-refractivity contribution in [2.75, 3.05) is 7.05 Å². The van der Waals surface area contributed by atoms with E-state index in [0.29, 0.717) is 5.69 Å². The minimum absolute atomic E-state index is 0.0702. The number of nitrogens with one attached hydrogen (secondary N) is 1. The molecule has 0 atom stereocenters. The molecular weight excluding hydrogens is 226 g/mol. The number of nitriles is 1. The second-order valence-electron chi connectivity index (χ2n) is 4.55. The fourth-order valence-electron chi connectivity index (χ4n) is 1.92. The van der Waals surface area contributed by atoms with E-state index in [1.54, 1.807) is 13.1 Å². The maximum absolute atomic E-state index is 11.5. The van der Waals surface area contributed by atoms with Crippen LogP contribution >= 0.6 is 0 Å². The Hall–Kier alpha value is -1.89. The Labute approximate surface area is 108 Å². The van der Waals surface area contributed by atoms with Crippen molar-refractivity contribution in [1.29, 1.82) is 5.26 Å². The molecule has 0 aromatic carbocycles. The van der Waals surface area contributed by atoms with Crippen molar-refractivity contribution in [1.82, 2.24) is 10.3 Å². The third kappa shape index (κ3) is 2.51. The summed E-state index contributed by atoms with van der Waals surface area (Å²) in [5.74, 6) is -0.271. The first-order valence-electron chi connectivity index (χ1n) is 6.16. The summed E-state index contributed by atoms with van der Waals surface area (Å²) < 4.78 is 0. The van der Waals surface area contributed by atoms with Gasteiger partial charge in [0.15, 0.2) is 0 Å². The van der Waals surface area contributed by atoms with Crippen molar-refractivity contribution in [3.05, 3.63) is 29.1 Å². The van der Waals surface area contributed by atoms with Gasteiger partial charge in [-0.15, -0.1) is 0 Å². The molecule has 1 rings (SSSR count). The maximum atomic E-state index is 11.5. The molecule has 0 aliphatic rings. The highest BCUT2D eigenvalue weighted by Gasteiger charge is 2.26. The Morgan fingerprint density at radius 3 is 2.50 bits per heavy atom. The zero-order valence-electron chi connectivity index (χ0n) is 11.4. The summed E-state index contributed by atoms with van der Waals surface area (Å²) >= 11 is 0. The predicted molar refractivity (Wildman–Crippen MR) is 70.3 cm³/mol. The number of hydrogen-bond acceptors (Lipinski definition) is 3. The Balaban J connectivity index is 3.33. The van der Waals surface area contributed by atoms with E-state index in [1.807, 2.05) is 6.07 Å². The lowest BCUT2D eigenvalue weighted by atomic mass is 9.77. The summed E-state index contributed by atoms with van der Waals surface area (Å²) in [6.45, 7) is 6.30. The summed E-state index contributed by atoms with van der Waals surface area (Å²) in [7, 11) is 1.55. The first-order valence-corrected chi connectivity index (χ1v) is 6.16. The molecule has 0 saturated heterocycles. The van der Waals surface area contributed by atoms with Gasteiger partial charge < -0.3 is 5.32 Å². The number of hydrogen-bond donors (Lipinski definition) is 1. The van der Waals surface area contributed by atoms with Crippen LogP contribution in [-0.4, -0.2) is 17.9 Å². The number of carbonyl (C=O) groups excluding carboxylic acids is 1. The molecule has 0 radical (unpaired) electrons. The third-order valence-electron chi connectivity index (χ3n) is 3.67. The van der Waals surface area contributed by atoms with Crippen LogP contribution in [0.5, 0.6) is 0 Å². The van der Waals surface area contributed by atoms with E-state index in [4.69, 9.17) is 0 Å². The monoisotopic (exact) mass is 245 g/mol. The molecule has 1 amide bonds. The lowest BCUT2D eigenvalue weighted by Gasteiger charge is -2.27. The van der Waals surface area contributed by atoms with E-state index < -0.39 is 0 Å². The molecule has 4 nitrogen and oxygen atoms in total. The summed E-state index contributed by atoms with van der Waals surface area (Å²) in [5, 5.41) is 11.7. The fourth-order valence-corrected chi connectivity index (χ4v) is 1.92. The van der Waals surface area contributed by atoms with Crippen molar-refractivity contribution in [3.63, 3.8) is 0 Å². The van der Waals surface area contributed by atoms with Gasteiger partial charge in [0.25, 0.3) is 5.91 Å². The minimum Gasteiger partial charge on any atom is -0.354 e. The number of rotatable bonds is 4. The smallest absolute Gasteiger partial charge is 0.269 e.